The lowest BCUT2D eigenvalue weighted by molar-refractivity contribution is -0.167. The van der Waals surface area contributed by atoms with Crippen molar-refractivity contribution >= 4 is 0 Å². The summed E-state index contributed by atoms with van der Waals surface area (Å²) < 4.78 is 57.9. The highest BCUT2D eigenvalue weighted by atomic mass is 19.3. The van der Waals surface area contributed by atoms with Crippen molar-refractivity contribution in [2.45, 2.75) is 18.4 Å². The number of hydrazine groups is 1. The average molecular weight is 256 g/mol. The van der Waals surface area contributed by atoms with E-state index in [2.05, 4.69) is 10.2 Å². The van der Waals surface area contributed by atoms with Gasteiger partial charge in [0.1, 0.15) is 6.61 Å². The summed E-state index contributed by atoms with van der Waals surface area (Å²) in [5.74, 6) is 1.01. The van der Waals surface area contributed by atoms with Crippen LogP contribution in [0.1, 0.15) is 11.6 Å². The second-order valence-electron chi connectivity index (χ2n) is 3.35. The fourth-order valence-corrected chi connectivity index (χ4v) is 1.09. The highest BCUT2D eigenvalue weighted by Crippen LogP contribution is 2.23. The van der Waals surface area contributed by atoms with E-state index in [1.807, 2.05) is 0 Å². The molecule has 1 unspecified atom stereocenters. The van der Waals surface area contributed by atoms with Crippen LogP contribution in [0.3, 0.4) is 0 Å². The predicted molar refractivity (Wildman–Crippen MR) is 50.5 cm³/mol. The molecule has 3 N–H and O–H groups in total. The minimum absolute atomic E-state index is 0.266. The molecule has 0 saturated heterocycles. The third-order valence-electron chi connectivity index (χ3n) is 2.05. The molecule has 0 bridgehead atoms. The van der Waals surface area contributed by atoms with Crippen molar-refractivity contribution in [3.8, 4) is 0 Å². The van der Waals surface area contributed by atoms with E-state index in [1.54, 1.807) is 6.07 Å². The van der Waals surface area contributed by atoms with E-state index in [4.69, 9.17) is 10.3 Å². The molecule has 0 spiro atoms. The number of halogens is 4. The molecule has 0 aliphatic carbocycles. The second-order valence-corrected chi connectivity index (χ2v) is 3.35. The summed E-state index contributed by atoms with van der Waals surface area (Å²) >= 11 is 0. The van der Waals surface area contributed by atoms with E-state index in [-0.39, 0.29) is 6.61 Å². The first-order valence-electron chi connectivity index (χ1n) is 4.69. The lowest BCUT2D eigenvalue weighted by atomic mass is 10.2. The van der Waals surface area contributed by atoms with Gasteiger partial charge in [0, 0.05) is 5.56 Å². The van der Waals surface area contributed by atoms with Gasteiger partial charge in [-0.05, 0) is 6.07 Å². The lowest BCUT2D eigenvalue weighted by Crippen LogP contribution is -2.36. The fraction of sp³-hybridized carbons (Fsp3) is 0.556. The first-order chi connectivity index (χ1) is 7.97. The van der Waals surface area contributed by atoms with Gasteiger partial charge in [0.15, 0.2) is 0 Å². The Hall–Kier alpha value is -1.12. The molecule has 0 radical (unpaired) electrons. The van der Waals surface area contributed by atoms with Gasteiger partial charge in [0.05, 0.1) is 25.2 Å². The van der Waals surface area contributed by atoms with Gasteiger partial charge in [-0.2, -0.15) is 8.78 Å². The monoisotopic (exact) mass is 256 g/mol. The van der Waals surface area contributed by atoms with Gasteiger partial charge < -0.3 is 9.15 Å². The Morgan fingerprint density at radius 2 is 2.18 bits per heavy atom. The largest absolute Gasteiger partial charge is 0.472 e. The molecule has 1 atom stereocenters. The Labute approximate surface area is 94.7 Å². The van der Waals surface area contributed by atoms with Crippen LogP contribution in [0.2, 0.25) is 0 Å². The molecule has 0 aromatic carbocycles. The Morgan fingerprint density at radius 1 is 1.47 bits per heavy atom. The maximum Gasteiger partial charge on any atom is 0.330 e. The molecular weight excluding hydrogens is 244 g/mol. The van der Waals surface area contributed by atoms with Crippen molar-refractivity contribution in [1.82, 2.24) is 5.43 Å². The molecule has 1 heterocycles. The van der Waals surface area contributed by atoms with Gasteiger partial charge in [0.2, 0.25) is 0 Å². The summed E-state index contributed by atoms with van der Waals surface area (Å²) in [5.41, 5.74) is 2.88. The number of nitrogens with two attached hydrogens (primary N) is 1. The highest BCUT2D eigenvalue weighted by molar-refractivity contribution is 5.11. The summed E-state index contributed by atoms with van der Waals surface area (Å²) in [7, 11) is 0. The van der Waals surface area contributed by atoms with Crippen LogP contribution in [-0.4, -0.2) is 25.6 Å². The predicted octanol–water partition coefficient (Wildman–Crippen LogP) is 1.70. The van der Waals surface area contributed by atoms with Crippen LogP contribution in [0.5, 0.6) is 0 Å². The zero-order valence-electron chi connectivity index (χ0n) is 8.71. The van der Waals surface area contributed by atoms with E-state index in [0.29, 0.717) is 5.56 Å². The van der Waals surface area contributed by atoms with Crippen molar-refractivity contribution in [2.75, 3.05) is 13.2 Å². The van der Waals surface area contributed by atoms with Gasteiger partial charge in [-0.1, -0.05) is 0 Å². The Bertz CT molecular complexity index is 319. The Morgan fingerprint density at radius 3 is 2.65 bits per heavy atom. The number of hydrogen-bond acceptors (Lipinski definition) is 4. The summed E-state index contributed by atoms with van der Waals surface area (Å²) in [5, 5.41) is 0. The van der Waals surface area contributed by atoms with Gasteiger partial charge in [-0.15, -0.1) is 0 Å². The number of rotatable bonds is 7. The average Bonchev–Trinajstić information content (AvgIpc) is 2.77. The standard InChI is InChI=1S/C9H12F4N2O2/c10-8(11)9(12,13)5-17-4-7(15-14)6-1-2-16-3-6/h1-3,7-8,15H,4-5,14H2. The Balaban J connectivity index is 2.40. The molecular formula is C9H12F4N2O2. The summed E-state index contributed by atoms with van der Waals surface area (Å²) in [6.45, 7) is -1.63. The fourth-order valence-electron chi connectivity index (χ4n) is 1.09. The lowest BCUT2D eigenvalue weighted by Gasteiger charge is -2.18. The summed E-state index contributed by atoms with van der Waals surface area (Å²) in [6.07, 6.45) is -1.03. The maximum absolute atomic E-state index is 12.5. The third kappa shape index (κ3) is 3.99. The van der Waals surface area contributed by atoms with Crippen molar-refractivity contribution < 1.29 is 26.7 Å². The molecule has 0 saturated carbocycles. The molecule has 4 nitrogen and oxygen atoms in total. The minimum atomic E-state index is -4.16. The van der Waals surface area contributed by atoms with Gasteiger partial charge in [0.25, 0.3) is 0 Å². The van der Waals surface area contributed by atoms with Gasteiger partial charge >= 0.3 is 12.3 Å². The summed E-state index contributed by atoms with van der Waals surface area (Å²) in [6, 6.07) is 0.960. The van der Waals surface area contributed by atoms with Crippen molar-refractivity contribution in [3.63, 3.8) is 0 Å². The van der Waals surface area contributed by atoms with Crippen molar-refractivity contribution in [2.24, 2.45) is 5.84 Å². The normalized spacial score (nSPS) is 14.2. The van der Waals surface area contributed by atoms with E-state index >= 15 is 0 Å². The van der Waals surface area contributed by atoms with Gasteiger partial charge in [-0.3, -0.25) is 11.3 Å². The SMILES string of the molecule is NNC(COCC(F)(F)C(F)F)c1ccoc1. The summed E-state index contributed by atoms with van der Waals surface area (Å²) in [4.78, 5) is 0. The number of nitrogens with one attached hydrogen (secondary N) is 1. The smallest absolute Gasteiger partial charge is 0.330 e. The van der Waals surface area contributed by atoms with Crippen LogP contribution in [0, 0.1) is 0 Å². The molecule has 0 amide bonds. The van der Waals surface area contributed by atoms with E-state index in [0.717, 1.165) is 0 Å². The molecule has 1 aromatic heterocycles. The van der Waals surface area contributed by atoms with Crippen LogP contribution < -0.4 is 11.3 Å². The zero-order chi connectivity index (χ0) is 12.9. The van der Waals surface area contributed by atoms with E-state index in [1.165, 1.54) is 12.5 Å². The second kappa shape index (κ2) is 5.99. The maximum atomic E-state index is 12.5. The quantitative estimate of drug-likeness (QED) is 0.443. The molecule has 8 heteroatoms. The van der Waals surface area contributed by atoms with Crippen LogP contribution >= 0.6 is 0 Å². The Kier molecular flexibility index (Phi) is 4.91. The number of hydrogen-bond donors (Lipinski definition) is 2. The first kappa shape index (κ1) is 13.9. The molecule has 0 fully saturated rings. The highest BCUT2D eigenvalue weighted by Gasteiger charge is 2.41. The van der Waals surface area contributed by atoms with Crippen LogP contribution in [-0.2, 0) is 4.74 Å². The number of alkyl halides is 4. The molecule has 0 aliphatic rings. The zero-order valence-corrected chi connectivity index (χ0v) is 8.71. The van der Waals surface area contributed by atoms with Crippen LogP contribution in [0.15, 0.2) is 23.0 Å². The molecule has 1 aromatic rings. The van der Waals surface area contributed by atoms with Crippen LogP contribution in [0.25, 0.3) is 0 Å². The van der Waals surface area contributed by atoms with Gasteiger partial charge in [-0.25, -0.2) is 8.78 Å². The first-order valence-corrected chi connectivity index (χ1v) is 4.69. The molecule has 0 aliphatic heterocycles. The third-order valence-corrected chi connectivity index (χ3v) is 2.05. The molecule has 17 heavy (non-hydrogen) atoms. The topological polar surface area (TPSA) is 60.4 Å². The van der Waals surface area contributed by atoms with Crippen LogP contribution in [0.4, 0.5) is 17.6 Å². The van der Waals surface area contributed by atoms with Crippen molar-refractivity contribution in [1.29, 1.82) is 0 Å². The minimum Gasteiger partial charge on any atom is -0.472 e. The van der Waals surface area contributed by atoms with Crippen molar-refractivity contribution in [3.05, 3.63) is 24.2 Å². The molecule has 1 rings (SSSR count). The van der Waals surface area contributed by atoms with E-state index < -0.39 is 25.0 Å². The number of ether oxygens (including phenoxy) is 1. The number of furan rings is 1. The molecule has 98 valence electrons. The van der Waals surface area contributed by atoms with E-state index in [9.17, 15) is 17.6 Å².